The van der Waals surface area contributed by atoms with E-state index < -0.39 is 5.60 Å². The SMILES string of the molecule is C[C@](O)(CO)CI. The standard InChI is InChI=1S/C4H9IO2/c1-4(7,2-5)3-6/h6-7H,2-3H2,1H3/t4-/m1/s1. The Hall–Kier alpha value is 0.650. The van der Waals surface area contributed by atoms with Crippen molar-refractivity contribution in [2.75, 3.05) is 11.0 Å². The Kier molecular flexibility index (Phi) is 3.10. The highest BCUT2D eigenvalue weighted by Gasteiger charge is 2.15. The van der Waals surface area contributed by atoms with Crippen molar-refractivity contribution in [2.45, 2.75) is 12.5 Å². The minimum Gasteiger partial charge on any atom is -0.393 e. The maximum atomic E-state index is 8.87. The van der Waals surface area contributed by atoms with Crippen molar-refractivity contribution in [3.05, 3.63) is 0 Å². The maximum absolute atomic E-state index is 8.87. The van der Waals surface area contributed by atoms with Gasteiger partial charge in [-0.15, -0.1) is 0 Å². The van der Waals surface area contributed by atoms with E-state index in [1.54, 1.807) is 6.92 Å². The second-order valence-corrected chi connectivity index (χ2v) is 2.55. The van der Waals surface area contributed by atoms with Crippen molar-refractivity contribution in [3.8, 4) is 0 Å². The van der Waals surface area contributed by atoms with Crippen LogP contribution < -0.4 is 0 Å². The van der Waals surface area contributed by atoms with E-state index >= 15 is 0 Å². The smallest absolute Gasteiger partial charge is 0.0938 e. The molecule has 0 radical (unpaired) electrons. The molecule has 0 fully saturated rings. The average Bonchev–Trinajstić information content (AvgIpc) is 1.68. The summed E-state index contributed by atoms with van der Waals surface area (Å²) in [6.07, 6.45) is 0. The summed E-state index contributed by atoms with van der Waals surface area (Å²) in [6.45, 7) is 1.44. The van der Waals surface area contributed by atoms with Crippen LogP contribution in [0.25, 0.3) is 0 Å². The third-order valence-electron chi connectivity index (χ3n) is 0.629. The van der Waals surface area contributed by atoms with Crippen LogP contribution in [0.2, 0.25) is 0 Å². The van der Waals surface area contributed by atoms with E-state index in [0.29, 0.717) is 4.43 Å². The maximum Gasteiger partial charge on any atom is 0.0938 e. The molecule has 0 aliphatic rings. The first-order valence-corrected chi connectivity index (χ1v) is 3.54. The van der Waals surface area contributed by atoms with E-state index in [2.05, 4.69) is 0 Å². The molecule has 0 aliphatic carbocycles. The molecule has 0 bridgehead atoms. The Morgan fingerprint density at radius 2 is 2.14 bits per heavy atom. The lowest BCUT2D eigenvalue weighted by atomic mass is 10.2. The summed E-state index contributed by atoms with van der Waals surface area (Å²) in [5.41, 5.74) is -0.874. The number of halogens is 1. The molecular formula is C4H9IO2. The Bertz CT molecular complexity index is 47.7. The lowest BCUT2D eigenvalue weighted by Gasteiger charge is -2.14. The fourth-order valence-corrected chi connectivity index (χ4v) is 0.283. The van der Waals surface area contributed by atoms with Crippen LogP contribution in [0.5, 0.6) is 0 Å². The summed E-state index contributed by atoms with van der Waals surface area (Å²) in [7, 11) is 0. The van der Waals surface area contributed by atoms with Crippen LogP contribution in [-0.2, 0) is 0 Å². The molecule has 0 amide bonds. The molecule has 0 spiro atoms. The second kappa shape index (κ2) is 2.84. The van der Waals surface area contributed by atoms with Crippen LogP contribution >= 0.6 is 22.6 Å². The third-order valence-corrected chi connectivity index (χ3v) is 2.27. The Balaban J connectivity index is 3.36. The van der Waals surface area contributed by atoms with Crippen molar-refractivity contribution in [3.63, 3.8) is 0 Å². The van der Waals surface area contributed by atoms with Crippen molar-refractivity contribution in [1.29, 1.82) is 0 Å². The van der Waals surface area contributed by atoms with Gasteiger partial charge in [0, 0.05) is 4.43 Å². The summed E-state index contributed by atoms with van der Waals surface area (Å²) in [5.74, 6) is 0. The Morgan fingerprint density at radius 1 is 1.71 bits per heavy atom. The molecular weight excluding hydrogens is 207 g/mol. The zero-order valence-corrected chi connectivity index (χ0v) is 6.34. The third kappa shape index (κ3) is 3.25. The fraction of sp³-hybridized carbons (Fsp3) is 1.00. The van der Waals surface area contributed by atoms with Gasteiger partial charge in [-0.25, -0.2) is 0 Å². The quantitative estimate of drug-likeness (QED) is 0.510. The molecule has 0 unspecified atom stereocenters. The molecule has 44 valence electrons. The zero-order chi connectivity index (χ0) is 5.91. The van der Waals surface area contributed by atoms with E-state index in [0.717, 1.165) is 0 Å². The van der Waals surface area contributed by atoms with E-state index in [4.69, 9.17) is 10.2 Å². The molecule has 3 heteroatoms. The van der Waals surface area contributed by atoms with E-state index in [9.17, 15) is 0 Å². The van der Waals surface area contributed by atoms with Crippen molar-refractivity contribution in [2.24, 2.45) is 0 Å². The number of rotatable bonds is 2. The molecule has 0 aromatic carbocycles. The number of hydrogen-bond donors (Lipinski definition) is 2. The molecule has 7 heavy (non-hydrogen) atoms. The molecule has 0 aliphatic heterocycles. The summed E-state index contributed by atoms with van der Waals surface area (Å²) in [6, 6.07) is 0. The number of hydrogen-bond acceptors (Lipinski definition) is 2. The molecule has 2 N–H and O–H groups in total. The number of alkyl halides is 1. The van der Waals surface area contributed by atoms with E-state index in [1.165, 1.54) is 0 Å². The normalized spacial score (nSPS) is 18.9. The van der Waals surface area contributed by atoms with Crippen molar-refractivity contribution < 1.29 is 10.2 Å². The van der Waals surface area contributed by atoms with Gasteiger partial charge in [0.2, 0.25) is 0 Å². The van der Waals surface area contributed by atoms with Gasteiger partial charge >= 0.3 is 0 Å². The van der Waals surface area contributed by atoms with Gasteiger partial charge in [-0.05, 0) is 6.92 Å². The van der Waals surface area contributed by atoms with Gasteiger partial charge in [0.1, 0.15) is 0 Å². The molecule has 2 nitrogen and oxygen atoms in total. The first-order chi connectivity index (χ1) is 3.12. The highest BCUT2D eigenvalue weighted by Crippen LogP contribution is 2.04. The molecule has 0 heterocycles. The minimum atomic E-state index is -0.874. The van der Waals surface area contributed by atoms with E-state index in [1.807, 2.05) is 22.6 Å². The van der Waals surface area contributed by atoms with Crippen LogP contribution in [-0.4, -0.2) is 26.8 Å². The second-order valence-electron chi connectivity index (χ2n) is 1.79. The number of aliphatic hydroxyl groups is 2. The van der Waals surface area contributed by atoms with Crippen LogP contribution in [0.1, 0.15) is 6.92 Å². The fourth-order valence-electron chi connectivity index (χ4n) is 0.0423. The lowest BCUT2D eigenvalue weighted by molar-refractivity contribution is 0.0250. The monoisotopic (exact) mass is 216 g/mol. The van der Waals surface area contributed by atoms with Gasteiger partial charge in [-0.1, -0.05) is 22.6 Å². The molecule has 0 rings (SSSR count). The molecule has 0 saturated carbocycles. The number of aliphatic hydroxyl groups excluding tert-OH is 1. The first-order valence-electron chi connectivity index (χ1n) is 2.01. The lowest BCUT2D eigenvalue weighted by Crippen LogP contribution is -2.30. The summed E-state index contributed by atoms with van der Waals surface area (Å²) in [4.78, 5) is 0. The van der Waals surface area contributed by atoms with Gasteiger partial charge < -0.3 is 10.2 Å². The molecule has 0 saturated heterocycles. The predicted molar refractivity (Wildman–Crippen MR) is 36.6 cm³/mol. The van der Waals surface area contributed by atoms with Gasteiger partial charge in [0.15, 0.2) is 0 Å². The highest BCUT2D eigenvalue weighted by atomic mass is 127. The molecule has 0 aromatic rings. The van der Waals surface area contributed by atoms with Crippen LogP contribution in [0.15, 0.2) is 0 Å². The average molecular weight is 216 g/mol. The van der Waals surface area contributed by atoms with Gasteiger partial charge in [0.25, 0.3) is 0 Å². The van der Waals surface area contributed by atoms with Crippen molar-refractivity contribution in [1.82, 2.24) is 0 Å². The van der Waals surface area contributed by atoms with Crippen LogP contribution in [0.3, 0.4) is 0 Å². The Morgan fingerprint density at radius 3 is 2.14 bits per heavy atom. The first kappa shape index (κ1) is 7.65. The van der Waals surface area contributed by atoms with Crippen molar-refractivity contribution >= 4 is 22.6 Å². The highest BCUT2D eigenvalue weighted by molar-refractivity contribution is 14.1. The largest absolute Gasteiger partial charge is 0.393 e. The van der Waals surface area contributed by atoms with Gasteiger partial charge in [-0.3, -0.25) is 0 Å². The van der Waals surface area contributed by atoms with Crippen LogP contribution in [0.4, 0.5) is 0 Å². The van der Waals surface area contributed by atoms with Crippen LogP contribution in [0, 0.1) is 0 Å². The van der Waals surface area contributed by atoms with Gasteiger partial charge in [-0.2, -0.15) is 0 Å². The zero-order valence-electron chi connectivity index (χ0n) is 4.19. The molecule has 0 aromatic heterocycles. The van der Waals surface area contributed by atoms with Gasteiger partial charge in [0.05, 0.1) is 12.2 Å². The summed E-state index contributed by atoms with van der Waals surface area (Å²) >= 11 is 2.02. The van der Waals surface area contributed by atoms with E-state index in [-0.39, 0.29) is 6.61 Å². The Labute approximate surface area is 56.7 Å². The summed E-state index contributed by atoms with van der Waals surface area (Å²) < 4.78 is 0.571. The minimum absolute atomic E-state index is 0.157. The topological polar surface area (TPSA) is 40.5 Å². The molecule has 1 atom stereocenters. The predicted octanol–water partition coefficient (Wildman–Crippen LogP) is 0.165. The summed E-state index contributed by atoms with van der Waals surface area (Å²) in [5, 5.41) is 17.2.